The molecular formula is C20H18F2N6O. The highest BCUT2D eigenvalue weighted by Gasteiger charge is 2.35. The molecule has 29 heavy (non-hydrogen) atoms. The zero-order valence-electron chi connectivity index (χ0n) is 15.5. The zero-order chi connectivity index (χ0) is 20.4. The van der Waals surface area contributed by atoms with Crippen LogP contribution in [0.4, 0.5) is 14.6 Å². The Hall–Kier alpha value is -3.41. The van der Waals surface area contributed by atoms with Crippen LogP contribution in [0.3, 0.4) is 0 Å². The van der Waals surface area contributed by atoms with Gasteiger partial charge in [0, 0.05) is 37.7 Å². The molecule has 0 saturated carbocycles. The molecule has 1 fully saturated rings. The number of nitrogens with zero attached hydrogens (tertiary/aromatic N) is 6. The summed E-state index contributed by atoms with van der Waals surface area (Å²) in [5.74, 6) is -1.04. The van der Waals surface area contributed by atoms with Crippen LogP contribution < -0.4 is 4.90 Å². The fraction of sp³-hybridized carbons (Fsp3) is 0.350. The van der Waals surface area contributed by atoms with Gasteiger partial charge in [0.1, 0.15) is 23.5 Å². The van der Waals surface area contributed by atoms with Crippen LogP contribution >= 0.6 is 0 Å². The van der Waals surface area contributed by atoms with Crippen molar-refractivity contribution in [1.82, 2.24) is 15.0 Å². The standard InChI is InChI=1S/C20H18F2N6O/c21-15-7-14(8-16(22)9-15)18-1-4-26-28(18)20(29)13-2-5-27(6-3-13)19-12-24-17(10-23)11-25-19/h4,7-9,11-13,18H,1-3,5-6H2/t18-/m0/s1. The molecule has 9 heteroatoms. The van der Waals surface area contributed by atoms with Crippen molar-refractivity contribution in [3.05, 3.63) is 53.5 Å². The third-order valence-electron chi connectivity index (χ3n) is 5.25. The minimum Gasteiger partial charge on any atom is -0.355 e. The molecule has 2 aliphatic heterocycles. The van der Waals surface area contributed by atoms with Gasteiger partial charge in [0.15, 0.2) is 5.69 Å². The third kappa shape index (κ3) is 3.92. The largest absolute Gasteiger partial charge is 0.355 e. The second-order valence-corrected chi connectivity index (χ2v) is 7.07. The first-order valence-corrected chi connectivity index (χ1v) is 9.34. The summed E-state index contributed by atoms with van der Waals surface area (Å²) in [6.45, 7) is 1.24. The summed E-state index contributed by atoms with van der Waals surface area (Å²) in [5.41, 5.74) is 0.657. The average Bonchev–Trinajstić information content (AvgIpc) is 3.23. The Labute approximate surface area is 166 Å². The summed E-state index contributed by atoms with van der Waals surface area (Å²) in [5, 5.41) is 14.3. The smallest absolute Gasteiger partial charge is 0.246 e. The Kier molecular flexibility index (Phi) is 5.16. The Morgan fingerprint density at radius 3 is 2.45 bits per heavy atom. The Balaban J connectivity index is 1.42. The lowest BCUT2D eigenvalue weighted by Gasteiger charge is -2.34. The van der Waals surface area contributed by atoms with Gasteiger partial charge in [0.2, 0.25) is 5.91 Å². The molecule has 4 rings (SSSR count). The van der Waals surface area contributed by atoms with Crippen LogP contribution in [-0.2, 0) is 4.79 Å². The summed E-state index contributed by atoms with van der Waals surface area (Å²) < 4.78 is 27.2. The molecule has 7 nitrogen and oxygen atoms in total. The van der Waals surface area contributed by atoms with Crippen molar-refractivity contribution < 1.29 is 13.6 Å². The van der Waals surface area contributed by atoms with E-state index in [-0.39, 0.29) is 17.5 Å². The van der Waals surface area contributed by atoms with Gasteiger partial charge in [-0.05, 0) is 30.5 Å². The summed E-state index contributed by atoms with van der Waals surface area (Å²) in [6, 6.07) is 4.74. The van der Waals surface area contributed by atoms with E-state index < -0.39 is 17.7 Å². The van der Waals surface area contributed by atoms with E-state index in [4.69, 9.17) is 5.26 Å². The molecule has 2 aromatic rings. The van der Waals surface area contributed by atoms with E-state index in [2.05, 4.69) is 15.1 Å². The Morgan fingerprint density at radius 2 is 1.83 bits per heavy atom. The fourth-order valence-electron chi connectivity index (χ4n) is 3.76. The van der Waals surface area contributed by atoms with Gasteiger partial charge in [0.05, 0.1) is 18.4 Å². The summed E-state index contributed by atoms with van der Waals surface area (Å²) in [6.07, 6.45) is 6.23. The SMILES string of the molecule is N#Cc1cnc(N2CCC(C(=O)N3N=CC[C@H]3c3cc(F)cc(F)c3)CC2)cn1. The van der Waals surface area contributed by atoms with Crippen molar-refractivity contribution in [2.24, 2.45) is 11.0 Å². The topological polar surface area (TPSA) is 85.5 Å². The molecule has 0 unspecified atom stereocenters. The number of carbonyl (C=O) groups excluding carboxylic acids is 1. The van der Waals surface area contributed by atoms with E-state index in [0.717, 1.165) is 6.07 Å². The second kappa shape index (κ2) is 7.91. The first kappa shape index (κ1) is 18.9. The van der Waals surface area contributed by atoms with E-state index in [1.807, 2.05) is 11.0 Å². The van der Waals surface area contributed by atoms with Gasteiger partial charge in [-0.3, -0.25) is 4.79 Å². The van der Waals surface area contributed by atoms with Crippen molar-refractivity contribution in [1.29, 1.82) is 5.26 Å². The number of hydrazone groups is 1. The number of aromatic nitrogens is 2. The van der Waals surface area contributed by atoms with E-state index in [1.165, 1.54) is 23.3 Å². The van der Waals surface area contributed by atoms with Gasteiger partial charge in [-0.15, -0.1) is 0 Å². The van der Waals surface area contributed by atoms with Crippen molar-refractivity contribution >= 4 is 17.9 Å². The van der Waals surface area contributed by atoms with Gasteiger partial charge in [-0.1, -0.05) is 0 Å². The van der Waals surface area contributed by atoms with Gasteiger partial charge in [0.25, 0.3) is 0 Å². The van der Waals surface area contributed by atoms with Gasteiger partial charge < -0.3 is 4.90 Å². The fourth-order valence-corrected chi connectivity index (χ4v) is 3.76. The van der Waals surface area contributed by atoms with E-state index in [1.54, 1.807) is 12.4 Å². The van der Waals surface area contributed by atoms with Crippen LogP contribution in [0.1, 0.15) is 36.6 Å². The number of hydrogen-bond acceptors (Lipinski definition) is 6. The monoisotopic (exact) mass is 396 g/mol. The molecule has 0 radical (unpaired) electrons. The first-order valence-electron chi connectivity index (χ1n) is 9.34. The normalized spacial score (nSPS) is 19.4. The predicted molar refractivity (Wildman–Crippen MR) is 101 cm³/mol. The molecule has 3 heterocycles. The van der Waals surface area contributed by atoms with Crippen molar-refractivity contribution in [2.45, 2.75) is 25.3 Å². The lowest BCUT2D eigenvalue weighted by molar-refractivity contribution is -0.138. The number of carbonyl (C=O) groups is 1. The molecule has 0 N–H and O–H groups in total. The molecule has 0 spiro atoms. The molecule has 1 aromatic heterocycles. The molecule has 2 aliphatic rings. The van der Waals surface area contributed by atoms with Gasteiger partial charge >= 0.3 is 0 Å². The number of nitriles is 1. The number of rotatable bonds is 3. The highest BCUT2D eigenvalue weighted by atomic mass is 19.1. The number of benzene rings is 1. The van der Waals surface area contributed by atoms with E-state index in [0.29, 0.717) is 43.7 Å². The molecule has 1 amide bonds. The Bertz CT molecular complexity index is 959. The Morgan fingerprint density at radius 1 is 1.10 bits per heavy atom. The number of piperidine rings is 1. The minimum absolute atomic E-state index is 0.140. The van der Waals surface area contributed by atoms with Crippen LogP contribution in [0.15, 0.2) is 35.7 Å². The van der Waals surface area contributed by atoms with Crippen LogP contribution in [0.2, 0.25) is 0 Å². The molecule has 148 valence electrons. The first-order chi connectivity index (χ1) is 14.0. The van der Waals surface area contributed by atoms with Crippen LogP contribution in [-0.4, -0.2) is 40.2 Å². The molecule has 1 aromatic carbocycles. The summed E-state index contributed by atoms with van der Waals surface area (Å²) in [4.78, 5) is 23.3. The highest BCUT2D eigenvalue weighted by molar-refractivity contribution is 5.82. The van der Waals surface area contributed by atoms with Crippen molar-refractivity contribution in [3.63, 3.8) is 0 Å². The van der Waals surface area contributed by atoms with Gasteiger partial charge in [-0.25, -0.2) is 23.8 Å². The number of hydrogen-bond donors (Lipinski definition) is 0. The minimum atomic E-state index is -0.670. The lowest BCUT2D eigenvalue weighted by Crippen LogP contribution is -2.41. The zero-order valence-corrected chi connectivity index (χ0v) is 15.5. The number of halogens is 2. The average molecular weight is 396 g/mol. The molecule has 1 atom stereocenters. The van der Waals surface area contributed by atoms with E-state index in [9.17, 15) is 13.6 Å². The maximum atomic E-state index is 13.6. The molecule has 0 bridgehead atoms. The van der Waals surface area contributed by atoms with Crippen molar-refractivity contribution in [3.8, 4) is 6.07 Å². The maximum absolute atomic E-state index is 13.6. The van der Waals surface area contributed by atoms with E-state index >= 15 is 0 Å². The second-order valence-electron chi connectivity index (χ2n) is 7.07. The number of amides is 1. The number of anilines is 1. The van der Waals surface area contributed by atoms with Crippen molar-refractivity contribution in [2.75, 3.05) is 18.0 Å². The summed E-state index contributed by atoms with van der Waals surface area (Å²) in [7, 11) is 0. The lowest BCUT2D eigenvalue weighted by atomic mass is 9.94. The highest BCUT2D eigenvalue weighted by Crippen LogP contribution is 2.33. The molecule has 1 saturated heterocycles. The third-order valence-corrected chi connectivity index (χ3v) is 5.25. The van der Waals surface area contributed by atoms with Crippen LogP contribution in [0.5, 0.6) is 0 Å². The maximum Gasteiger partial charge on any atom is 0.246 e. The van der Waals surface area contributed by atoms with Gasteiger partial charge in [-0.2, -0.15) is 10.4 Å². The quantitative estimate of drug-likeness (QED) is 0.796. The molecular weight excluding hydrogens is 378 g/mol. The molecule has 0 aliphatic carbocycles. The summed E-state index contributed by atoms with van der Waals surface area (Å²) >= 11 is 0. The van der Waals surface area contributed by atoms with Crippen LogP contribution in [0, 0.1) is 28.9 Å². The predicted octanol–water partition coefficient (Wildman–Crippen LogP) is 2.80. The van der Waals surface area contributed by atoms with Crippen LogP contribution in [0.25, 0.3) is 0 Å².